The highest BCUT2D eigenvalue weighted by Gasteiger charge is 2.34. The summed E-state index contributed by atoms with van der Waals surface area (Å²) in [4.78, 5) is 35.6. The minimum absolute atomic E-state index is 0.000654. The Kier molecular flexibility index (Phi) is 15.0. The topological polar surface area (TPSA) is 158 Å². The van der Waals surface area contributed by atoms with Crippen LogP contribution in [0.5, 0.6) is 11.5 Å². The lowest BCUT2D eigenvalue weighted by Crippen LogP contribution is -2.50. The highest BCUT2D eigenvalue weighted by molar-refractivity contribution is 7.93. The molecule has 2 aliphatic heterocycles. The van der Waals surface area contributed by atoms with Gasteiger partial charge in [-0.3, -0.25) is 28.8 Å². The first kappa shape index (κ1) is 49.5. The van der Waals surface area contributed by atoms with Crippen molar-refractivity contribution in [1.29, 1.82) is 0 Å². The van der Waals surface area contributed by atoms with Gasteiger partial charge in [-0.2, -0.15) is 0 Å². The molecule has 72 heavy (non-hydrogen) atoms. The Morgan fingerprint density at radius 1 is 0.417 bits per heavy atom. The molecule has 2 aliphatic rings. The van der Waals surface area contributed by atoms with Crippen LogP contribution in [0.2, 0.25) is 0 Å². The smallest absolute Gasteiger partial charge is 0.265 e. The molecule has 2 amide bonds. The second kappa shape index (κ2) is 21.9. The number of carbonyl (C=O) groups excluding carboxylic acids is 2. The molecule has 0 aliphatic carbocycles. The maximum Gasteiger partial charge on any atom is 0.265 e. The zero-order chi connectivity index (χ0) is 50.2. The van der Waals surface area contributed by atoms with Gasteiger partial charge in [-0.05, 0) is 52.6 Å². The van der Waals surface area contributed by atoms with Crippen LogP contribution < -0.4 is 18.9 Å². The number of rotatable bonds is 16. The van der Waals surface area contributed by atoms with Gasteiger partial charge in [0.1, 0.15) is 21.3 Å². The summed E-state index contributed by atoms with van der Waals surface area (Å²) in [7, 11) is -6.80. The van der Waals surface area contributed by atoms with E-state index in [9.17, 15) is 26.4 Å². The molecule has 2 N–H and O–H groups in total. The fourth-order valence-corrected chi connectivity index (χ4v) is 12.2. The minimum atomic E-state index is -4.65. The second-order valence-electron chi connectivity index (χ2n) is 17.6. The normalized spacial score (nSPS) is 14.8. The Balaban J connectivity index is 0.918. The van der Waals surface area contributed by atoms with E-state index in [2.05, 4.69) is 67.8 Å². The first-order chi connectivity index (χ1) is 35.0. The molecule has 0 radical (unpaired) electrons. The van der Waals surface area contributed by atoms with Crippen LogP contribution in [0.25, 0.3) is 0 Å². The van der Waals surface area contributed by atoms with E-state index in [0.717, 1.165) is 28.3 Å². The fourth-order valence-electron chi connectivity index (χ4n) is 9.65. The molecule has 7 aromatic rings. The van der Waals surface area contributed by atoms with Crippen molar-refractivity contribution >= 4 is 43.2 Å². The molecule has 9 rings (SSSR count). The monoisotopic (exact) mass is 1000 g/mol. The van der Waals surface area contributed by atoms with E-state index in [1.807, 2.05) is 72.8 Å². The van der Waals surface area contributed by atoms with Crippen molar-refractivity contribution in [3.8, 4) is 11.5 Å². The molecule has 0 aromatic heterocycles. The van der Waals surface area contributed by atoms with Crippen molar-refractivity contribution in [3.05, 3.63) is 215 Å². The Hall–Kier alpha value is -7.50. The van der Waals surface area contributed by atoms with E-state index in [-0.39, 0.29) is 57.9 Å². The van der Waals surface area contributed by atoms with Crippen molar-refractivity contribution in [2.75, 3.05) is 76.0 Å². The number of para-hydroxylation sites is 2. The number of methoxy groups -OCH3 is 2. The Bertz CT molecular complexity index is 2930. The summed E-state index contributed by atoms with van der Waals surface area (Å²) in [5.74, 6) is -1.14. The van der Waals surface area contributed by atoms with Crippen molar-refractivity contribution in [1.82, 2.24) is 19.6 Å². The van der Waals surface area contributed by atoms with Gasteiger partial charge in [0.2, 0.25) is 0 Å². The predicted molar refractivity (Wildman–Crippen MR) is 278 cm³/mol. The molecule has 2 saturated heterocycles. The maximum absolute atomic E-state index is 14.5. The number of amides is 2. The molecule has 0 atom stereocenters. The minimum Gasteiger partial charge on any atom is -0.495 e. The lowest BCUT2D eigenvalue weighted by atomic mass is 9.96. The van der Waals surface area contributed by atoms with Crippen LogP contribution in [0.3, 0.4) is 0 Å². The number of nitrogens with zero attached hydrogens (tertiary/aromatic N) is 4. The van der Waals surface area contributed by atoms with Crippen LogP contribution in [-0.4, -0.2) is 115 Å². The molecule has 2 fully saturated rings. The second-order valence-corrected chi connectivity index (χ2v) is 20.9. The number of carbonyl (C=O) groups is 2. The maximum atomic E-state index is 14.5. The molecular weight excluding hydrogens is 949 g/mol. The average Bonchev–Trinajstić information content (AvgIpc) is 3.42. The third-order valence-corrected chi connectivity index (χ3v) is 16.0. The summed E-state index contributed by atoms with van der Waals surface area (Å²) >= 11 is 0. The lowest BCUT2D eigenvalue weighted by molar-refractivity contribution is 0.0592. The van der Waals surface area contributed by atoms with Crippen LogP contribution in [0, 0.1) is 0 Å². The van der Waals surface area contributed by atoms with Gasteiger partial charge in [-0.15, -0.1) is 0 Å². The Morgan fingerprint density at radius 3 is 1.01 bits per heavy atom. The van der Waals surface area contributed by atoms with Crippen molar-refractivity contribution < 1.29 is 35.9 Å². The van der Waals surface area contributed by atoms with E-state index in [0.29, 0.717) is 52.4 Å². The number of nitrogens with one attached hydrogen (secondary N) is 2. The number of piperazine rings is 2. The van der Waals surface area contributed by atoms with Gasteiger partial charge >= 0.3 is 0 Å². The number of hydrogen-bond donors (Lipinski definition) is 2. The molecular formula is C56H56N6O8S2. The highest BCUT2D eigenvalue weighted by atomic mass is 32.2. The zero-order valence-corrected chi connectivity index (χ0v) is 41.6. The van der Waals surface area contributed by atoms with E-state index in [4.69, 9.17) is 9.47 Å². The molecule has 0 unspecified atom stereocenters. The van der Waals surface area contributed by atoms with Crippen molar-refractivity contribution in [3.63, 3.8) is 0 Å². The van der Waals surface area contributed by atoms with Crippen molar-refractivity contribution in [2.45, 2.75) is 21.9 Å². The molecule has 2 heterocycles. The molecule has 7 aromatic carbocycles. The van der Waals surface area contributed by atoms with Crippen LogP contribution >= 0.6 is 0 Å². The number of benzene rings is 7. The number of anilines is 2. The Morgan fingerprint density at radius 2 is 0.708 bits per heavy atom. The van der Waals surface area contributed by atoms with Crippen LogP contribution in [0.4, 0.5) is 11.4 Å². The SMILES string of the molecule is COc1cc(OC)c(S(=O)(=O)Nc2ccccc2C(=O)N2CCN(C(c3ccccc3)c3ccccc3)CC2)cc1S(=O)(=O)Nc1ccccc1C(=O)N1CCN(C(c2ccccc2)c2ccccc2)CC1. The van der Waals surface area contributed by atoms with Gasteiger partial charge in [0.05, 0.1) is 48.8 Å². The molecule has 16 heteroatoms. The third kappa shape index (κ3) is 10.7. The molecule has 370 valence electrons. The van der Waals surface area contributed by atoms with Crippen LogP contribution in [-0.2, 0) is 20.0 Å². The zero-order valence-electron chi connectivity index (χ0n) is 40.0. The van der Waals surface area contributed by atoms with Crippen LogP contribution in [0.15, 0.2) is 192 Å². The highest BCUT2D eigenvalue weighted by Crippen LogP contribution is 2.38. The third-order valence-electron chi connectivity index (χ3n) is 13.2. The summed E-state index contributed by atoms with van der Waals surface area (Å²) < 4.78 is 74.0. The Labute approximate surface area is 421 Å². The molecule has 0 spiro atoms. The van der Waals surface area contributed by atoms with Gasteiger partial charge in [-0.25, -0.2) is 16.8 Å². The van der Waals surface area contributed by atoms with E-state index < -0.39 is 29.8 Å². The number of hydrogen-bond acceptors (Lipinski definition) is 10. The molecule has 0 bridgehead atoms. The summed E-state index contributed by atoms with van der Waals surface area (Å²) in [6, 6.07) is 55.6. The molecule has 0 saturated carbocycles. The summed E-state index contributed by atoms with van der Waals surface area (Å²) in [5.41, 5.74) is 4.80. The standard InChI is InChI=1S/C56H56N6O8S2/c1-69-49-39-50(70-2)52(72(67,68)58-48-30-18-16-28-46(48)56(64)62-37-33-60(34-38-62)54(43-23-11-5-12-24-43)44-25-13-6-14-26-44)40-51(49)71(65,66)57-47-29-17-15-27-45(47)55(63)61-35-31-59(32-36-61)53(41-19-7-3-8-20-41)42-21-9-4-10-22-42/h3-30,39-40,53-54,57-58H,31-38H2,1-2H3. The summed E-state index contributed by atoms with van der Waals surface area (Å²) in [5, 5.41) is 0. The average molecular weight is 1010 g/mol. The van der Waals surface area contributed by atoms with Gasteiger partial charge < -0.3 is 19.3 Å². The number of sulfonamides is 2. The largest absolute Gasteiger partial charge is 0.495 e. The van der Waals surface area contributed by atoms with Gasteiger partial charge in [0, 0.05) is 58.4 Å². The van der Waals surface area contributed by atoms with E-state index in [1.54, 1.807) is 46.2 Å². The lowest BCUT2D eigenvalue weighted by Gasteiger charge is -2.40. The van der Waals surface area contributed by atoms with Gasteiger partial charge in [0.15, 0.2) is 0 Å². The van der Waals surface area contributed by atoms with Crippen LogP contribution in [0.1, 0.15) is 55.1 Å². The first-order valence-corrected chi connectivity index (χ1v) is 26.7. The quantitative estimate of drug-likeness (QED) is 0.0964. The summed E-state index contributed by atoms with van der Waals surface area (Å²) in [6.45, 7) is 3.87. The van der Waals surface area contributed by atoms with Gasteiger partial charge in [0.25, 0.3) is 31.9 Å². The summed E-state index contributed by atoms with van der Waals surface area (Å²) in [6.07, 6.45) is 0. The fraction of sp³-hybridized carbons (Fsp3) is 0.214. The predicted octanol–water partition coefficient (Wildman–Crippen LogP) is 8.40. The van der Waals surface area contributed by atoms with E-state index in [1.165, 1.54) is 32.4 Å². The first-order valence-electron chi connectivity index (χ1n) is 23.7. The number of ether oxygens (including phenoxy) is 2. The van der Waals surface area contributed by atoms with Crippen molar-refractivity contribution in [2.24, 2.45) is 0 Å². The van der Waals surface area contributed by atoms with E-state index >= 15 is 0 Å². The van der Waals surface area contributed by atoms with Gasteiger partial charge in [-0.1, -0.05) is 146 Å². The molecule has 14 nitrogen and oxygen atoms in total.